The Balaban J connectivity index is 4.32. The van der Waals surface area contributed by atoms with Gasteiger partial charge >= 0.3 is 6.09 Å². The van der Waals surface area contributed by atoms with Crippen molar-refractivity contribution in [2.45, 2.75) is 59.1 Å². The lowest BCUT2D eigenvalue weighted by molar-refractivity contribution is -0.118. The number of amides is 2. The lowest BCUT2D eigenvalue weighted by Crippen LogP contribution is -2.41. The van der Waals surface area contributed by atoms with E-state index in [9.17, 15) is 9.59 Å². The second kappa shape index (κ2) is 6.47. The summed E-state index contributed by atoms with van der Waals surface area (Å²) in [4.78, 5) is 22.4. The third-order valence-corrected chi connectivity index (χ3v) is 1.92. The molecule has 5 nitrogen and oxygen atoms in total. The first kappa shape index (κ1) is 15.7. The molecule has 3 N–H and O–H groups in total. The van der Waals surface area contributed by atoms with Crippen LogP contribution in [-0.2, 0) is 9.53 Å². The summed E-state index contributed by atoms with van der Waals surface area (Å²) in [5.74, 6) is -0.0546. The molecular weight excluding hydrogens is 220 g/mol. The van der Waals surface area contributed by atoms with Crippen molar-refractivity contribution in [1.29, 1.82) is 0 Å². The van der Waals surface area contributed by atoms with Crippen LogP contribution in [0.25, 0.3) is 0 Å². The van der Waals surface area contributed by atoms with Gasteiger partial charge in [0.05, 0.1) is 0 Å². The van der Waals surface area contributed by atoms with Gasteiger partial charge in [-0.1, -0.05) is 13.8 Å². The number of carbonyl (C=O) groups excluding carboxylic acids is 2. The van der Waals surface area contributed by atoms with Gasteiger partial charge in [-0.15, -0.1) is 0 Å². The molecule has 0 aliphatic carbocycles. The van der Waals surface area contributed by atoms with Crippen molar-refractivity contribution < 1.29 is 14.3 Å². The molecule has 2 amide bonds. The molecule has 0 fully saturated rings. The SMILES string of the molecule is CC(C)CC(CC(N)=O)NC(=O)OC(C)(C)C. The van der Waals surface area contributed by atoms with E-state index in [0.29, 0.717) is 12.3 Å². The predicted molar refractivity (Wildman–Crippen MR) is 66.4 cm³/mol. The molecule has 0 aromatic rings. The van der Waals surface area contributed by atoms with E-state index in [-0.39, 0.29) is 12.5 Å². The Kier molecular flexibility index (Phi) is 5.99. The van der Waals surface area contributed by atoms with Crippen molar-refractivity contribution in [1.82, 2.24) is 5.32 Å². The zero-order valence-electron chi connectivity index (χ0n) is 11.4. The minimum absolute atomic E-state index is 0.136. The number of hydrogen-bond donors (Lipinski definition) is 2. The van der Waals surface area contributed by atoms with E-state index in [1.54, 1.807) is 20.8 Å². The third kappa shape index (κ3) is 9.66. The zero-order chi connectivity index (χ0) is 13.6. The third-order valence-electron chi connectivity index (χ3n) is 1.92. The van der Waals surface area contributed by atoms with E-state index in [4.69, 9.17) is 10.5 Å². The number of nitrogens with two attached hydrogens (primary N) is 1. The van der Waals surface area contributed by atoms with Crippen LogP contribution in [0.5, 0.6) is 0 Å². The Labute approximate surface area is 103 Å². The van der Waals surface area contributed by atoms with Gasteiger partial charge in [0.15, 0.2) is 0 Å². The summed E-state index contributed by atoms with van der Waals surface area (Å²) >= 11 is 0. The first-order valence-corrected chi connectivity index (χ1v) is 5.88. The Morgan fingerprint density at radius 1 is 1.29 bits per heavy atom. The Bertz CT molecular complexity index is 269. The summed E-state index contributed by atoms with van der Waals surface area (Å²) in [6.07, 6.45) is 0.323. The fourth-order valence-electron chi connectivity index (χ4n) is 1.48. The molecule has 0 heterocycles. The van der Waals surface area contributed by atoms with Gasteiger partial charge in [0.25, 0.3) is 0 Å². The topological polar surface area (TPSA) is 81.4 Å². The maximum atomic E-state index is 11.5. The summed E-state index contributed by atoms with van der Waals surface area (Å²) in [5, 5.41) is 2.67. The summed E-state index contributed by atoms with van der Waals surface area (Å²) < 4.78 is 5.13. The van der Waals surface area contributed by atoms with Gasteiger partial charge < -0.3 is 15.8 Å². The van der Waals surface area contributed by atoms with Gasteiger partial charge in [-0.2, -0.15) is 0 Å². The maximum Gasteiger partial charge on any atom is 0.407 e. The normalized spacial score (nSPS) is 13.3. The Hall–Kier alpha value is -1.26. The minimum Gasteiger partial charge on any atom is -0.444 e. The Morgan fingerprint density at radius 2 is 1.82 bits per heavy atom. The monoisotopic (exact) mass is 244 g/mol. The molecule has 0 aliphatic heterocycles. The summed E-state index contributed by atoms with van der Waals surface area (Å²) in [6, 6.07) is -0.262. The molecule has 0 radical (unpaired) electrons. The van der Waals surface area contributed by atoms with Crippen LogP contribution in [0.15, 0.2) is 0 Å². The van der Waals surface area contributed by atoms with Crippen molar-refractivity contribution in [3.8, 4) is 0 Å². The molecule has 0 aromatic heterocycles. The number of nitrogens with one attached hydrogen (secondary N) is 1. The lowest BCUT2D eigenvalue weighted by Gasteiger charge is -2.24. The largest absolute Gasteiger partial charge is 0.444 e. The van der Waals surface area contributed by atoms with Crippen LogP contribution < -0.4 is 11.1 Å². The number of alkyl carbamates (subject to hydrolysis) is 1. The van der Waals surface area contributed by atoms with Crippen molar-refractivity contribution in [2.24, 2.45) is 11.7 Å². The highest BCUT2D eigenvalue weighted by Crippen LogP contribution is 2.10. The highest BCUT2D eigenvalue weighted by Gasteiger charge is 2.21. The van der Waals surface area contributed by atoms with E-state index in [0.717, 1.165) is 0 Å². The predicted octanol–water partition coefficient (Wildman–Crippen LogP) is 1.80. The molecule has 1 atom stereocenters. The summed E-state index contributed by atoms with van der Waals surface area (Å²) in [7, 11) is 0. The standard InChI is InChI=1S/C12H24N2O3/c1-8(2)6-9(7-10(13)15)14-11(16)17-12(3,4)5/h8-9H,6-7H2,1-5H3,(H2,13,15)(H,14,16). The average molecular weight is 244 g/mol. The first-order valence-electron chi connectivity index (χ1n) is 5.88. The molecule has 17 heavy (non-hydrogen) atoms. The van der Waals surface area contributed by atoms with Crippen LogP contribution in [0, 0.1) is 5.92 Å². The fraction of sp³-hybridized carbons (Fsp3) is 0.833. The quantitative estimate of drug-likeness (QED) is 0.773. The highest BCUT2D eigenvalue weighted by atomic mass is 16.6. The number of rotatable bonds is 5. The van der Waals surface area contributed by atoms with Crippen molar-refractivity contribution in [3.05, 3.63) is 0 Å². The first-order chi connectivity index (χ1) is 7.60. The lowest BCUT2D eigenvalue weighted by atomic mass is 10.0. The molecule has 0 aromatic carbocycles. The molecule has 0 bridgehead atoms. The molecule has 0 saturated heterocycles. The zero-order valence-corrected chi connectivity index (χ0v) is 11.4. The smallest absolute Gasteiger partial charge is 0.407 e. The summed E-state index contributed by atoms with van der Waals surface area (Å²) in [6.45, 7) is 9.41. The number of ether oxygens (including phenoxy) is 1. The van der Waals surface area contributed by atoms with Gasteiger partial charge in [-0.3, -0.25) is 4.79 Å². The molecule has 100 valence electrons. The summed E-state index contributed by atoms with van der Waals surface area (Å²) in [5.41, 5.74) is 4.60. The van der Waals surface area contributed by atoms with E-state index >= 15 is 0 Å². The molecular formula is C12H24N2O3. The van der Waals surface area contributed by atoms with Gasteiger partial charge in [-0.05, 0) is 33.1 Å². The molecule has 0 saturated carbocycles. The molecule has 1 unspecified atom stereocenters. The number of primary amides is 1. The minimum atomic E-state index is -0.542. The average Bonchev–Trinajstić information content (AvgIpc) is 1.95. The van der Waals surface area contributed by atoms with Crippen LogP contribution in [0.4, 0.5) is 4.79 Å². The van der Waals surface area contributed by atoms with Crippen LogP contribution in [0.3, 0.4) is 0 Å². The number of hydrogen-bond acceptors (Lipinski definition) is 3. The molecule has 0 spiro atoms. The number of carbonyl (C=O) groups is 2. The fourth-order valence-corrected chi connectivity index (χ4v) is 1.48. The molecule has 0 aliphatic rings. The second-order valence-electron chi connectivity index (χ2n) is 5.64. The molecule has 5 heteroatoms. The van der Waals surface area contributed by atoms with E-state index in [2.05, 4.69) is 5.32 Å². The van der Waals surface area contributed by atoms with Crippen molar-refractivity contribution >= 4 is 12.0 Å². The van der Waals surface area contributed by atoms with Gasteiger partial charge in [0.1, 0.15) is 5.60 Å². The van der Waals surface area contributed by atoms with E-state index in [1.165, 1.54) is 0 Å². The van der Waals surface area contributed by atoms with E-state index < -0.39 is 17.6 Å². The van der Waals surface area contributed by atoms with E-state index in [1.807, 2.05) is 13.8 Å². The van der Waals surface area contributed by atoms with Crippen LogP contribution in [0.2, 0.25) is 0 Å². The van der Waals surface area contributed by atoms with Crippen molar-refractivity contribution in [2.75, 3.05) is 0 Å². The van der Waals surface area contributed by atoms with Gasteiger partial charge in [-0.25, -0.2) is 4.79 Å². The van der Waals surface area contributed by atoms with Crippen LogP contribution >= 0.6 is 0 Å². The second-order valence-corrected chi connectivity index (χ2v) is 5.64. The van der Waals surface area contributed by atoms with Crippen molar-refractivity contribution in [3.63, 3.8) is 0 Å². The highest BCUT2D eigenvalue weighted by molar-refractivity contribution is 5.76. The van der Waals surface area contributed by atoms with Crippen LogP contribution in [0.1, 0.15) is 47.5 Å². The van der Waals surface area contributed by atoms with Gasteiger partial charge in [0.2, 0.25) is 5.91 Å². The Morgan fingerprint density at radius 3 is 2.18 bits per heavy atom. The van der Waals surface area contributed by atoms with Gasteiger partial charge in [0, 0.05) is 12.5 Å². The molecule has 0 rings (SSSR count). The maximum absolute atomic E-state index is 11.5. The van der Waals surface area contributed by atoms with Crippen LogP contribution in [-0.4, -0.2) is 23.6 Å².